The number of carboxylic acid groups (broad SMARTS) is 2. The maximum atomic E-state index is 13.2. The molecule has 0 spiro atoms. The van der Waals surface area contributed by atoms with Crippen LogP contribution >= 0.6 is 34.7 Å². The van der Waals surface area contributed by atoms with Crippen LogP contribution in [-0.4, -0.2) is 72.3 Å². The average molecular weight is 582 g/mol. The first-order valence-corrected chi connectivity index (χ1v) is 13.2. The zero-order valence-electron chi connectivity index (χ0n) is 20.0. The standard InChI is InChI=1S/C22H21ClN6O7S2/c1-22(2,20(34)35)36-27-12(11-15(23)38-21(24)26-11)16(30)25-13-17(31)29-14(19(32)33)10(9-37-18(13)29)8-28-6-4-3-5-7-28/h3-7,13,18H,8-9H2,1-2H3,(H4-,24,25,26,30,32,33,34,35)/p+1/b27-12+. The van der Waals surface area contributed by atoms with Gasteiger partial charge in [-0.15, -0.1) is 11.8 Å². The van der Waals surface area contributed by atoms with Crippen molar-refractivity contribution in [3.63, 3.8) is 0 Å². The first-order chi connectivity index (χ1) is 17.9. The maximum Gasteiger partial charge on any atom is 0.352 e. The van der Waals surface area contributed by atoms with E-state index in [0.717, 1.165) is 16.2 Å². The van der Waals surface area contributed by atoms with E-state index in [1.807, 2.05) is 18.2 Å². The van der Waals surface area contributed by atoms with Crippen LogP contribution in [0.25, 0.3) is 0 Å². The lowest BCUT2D eigenvalue weighted by Gasteiger charge is -2.49. The summed E-state index contributed by atoms with van der Waals surface area (Å²) in [6, 6.07) is 4.37. The molecule has 4 rings (SSSR count). The van der Waals surface area contributed by atoms with Gasteiger partial charge in [0.15, 0.2) is 29.8 Å². The number of hydrogen-bond acceptors (Lipinski definition) is 10. The monoisotopic (exact) mass is 581 g/mol. The van der Waals surface area contributed by atoms with Crippen LogP contribution in [0.1, 0.15) is 19.5 Å². The number of carbonyl (C=O) groups excluding carboxylic acids is 2. The Hall–Kier alpha value is -3.69. The van der Waals surface area contributed by atoms with Gasteiger partial charge in [-0.25, -0.2) is 19.1 Å². The molecule has 0 saturated carbocycles. The first kappa shape index (κ1) is 27.3. The minimum atomic E-state index is -1.80. The summed E-state index contributed by atoms with van der Waals surface area (Å²) >= 11 is 8.31. The van der Waals surface area contributed by atoms with Crippen LogP contribution in [-0.2, 0) is 30.6 Å². The number of amides is 2. The molecule has 38 heavy (non-hydrogen) atoms. The molecule has 2 aromatic heterocycles. The number of pyridine rings is 1. The molecule has 2 amide bonds. The summed E-state index contributed by atoms with van der Waals surface area (Å²) in [5, 5.41) is 24.7. The molecule has 1 fully saturated rings. The third-order valence-electron chi connectivity index (χ3n) is 5.61. The number of carboxylic acids is 2. The van der Waals surface area contributed by atoms with Crippen LogP contribution in [0.15, 0.2) is 47.0 Å². The molecule has 2 aliphatic rings. The van der Waals surface area contributed by atoms with Gasteiger partial charge in [-0.1, -0.05) is 34.2 Å². The second kappa shape index (κ2) is 10.6. The quantitative estimate of drug-likeness (QED) is 0.142. The fraction of sp³-hybridized carbons (Fsp3) is 0.318. The first-order valence-electron chi connectivity index (χ1n) is 11.0. The van der Waals surface area contributed by atoms with Gasteiger partial charge in [-0.05, 0) is 13.8 Å². The van der Waals surface area contributed by atoms with Crippen molar-refractivity contribution in [3.8, 4) is 0 Å². The van der Waals surface area contributed by atoms with E-state index in [0.29, 0.717) is 11.3 Å². The van der Waals surface area contributed by atoms with Crippen molar-refractivity contribution in [2.75, 3.05) is 11.5 Å². The Morgan fingerprint density at radius 2 is 2.00 bits per heavy atom. The van der Waals surface area contributed by atoms with Gasteiger partial charge in [-0.3, -0.25) is 14.5 Å². The van der Waals surface area contributed by atoms with Gasteiger partial charge < -0.3 is 26.1 Å². The predicted molar refractivity (Wildman–Crippen MR) is 137 cm³/mol. The Morgan fingerprint density at radius 1 is 1.32 bits per heavy atom. The van der Waals surface area contributed by atoms with Gasteiger partial charge in [0.1, 0.15) is 27.1 Å². The molecule has 1 saturated heterocycles. The number of thioether (sulfide) groups is 1. The summed E-state index contributed by atoms with van der Waals surface area (Å²) in [6.45, 7) is 2.73. The van der Waals surface area contributed by atoms with Crippen LogP contribution in [0, 0.1) is 0 Å². The van der Waals surface area contributed by atoms with Crippen molar-refractivity contribution in [2.45, 2.75) is 37.4 Å². The smallest absolute Gasteiger partial charge is 0.352 e. The molecule has 2 aliphatic heterocycles. The van der Waals surface area contributed by atoms with Crippen molar-refractivity contribution in [1.29, 1.82) is 0 Å². The number of aromatic nitrogens is 2. The minimum absolute atomic E-state index is 0.000820. The number of nitrogen functional groups attached to an aromatic ring is 1. The van der Waals surface area contributed by atoms with E-state index in [-0.39, 0.29) is 27.4 Å². The molecule has 0 radical (unpaired) electrons. The van der Waals surface area contributed by atoms with E-state index in [9.17, 15) is 29.4 Å². The highest BCUT2D eigenvalue weighted by Gasteiger charge is 2.55. The molecule has 0 aliphatic carbocycles. The lowest BCUT2D eigenvalue weighted by molar-refractivity contribution is -0.689. The second-order valence-corrected chi connectivity index (χ2v) is 11.4. The molecule has 200 valence electrons. The summed E-state index contributed by atoms with van der Waals surface area (Å²) < 4.78 is 1.80. The van der Waals surface area contributed by atoms with Gasteiger partial charge in [0.25, 0.3) is 11.8 Å². The molecule has 5 N–H and O–H groups in total. The lowest BCUT2D eigenvalue weighted by atomic mass is 10.0. The van der Waals surface area contributed by atoms with Gasteiger partial charge in [0.2, 0.25) is 5.60 Å². The number of thiazole rings is 1. The number of carbonyl (C=O) groups is 4. The van der Waals surface area contributed by atoms with Crippen molar-refractivity contribution in [3.05, 3.63) is 51.9 Å². The maximum absolute atomic E-state index is 13.2. The topological polar surface area (TPSA) is 188 Å². The van der Waals surface area contributed by atoms with E-state index >= 15 is 0 Å². The number of anilines is 1. The highest BCUT2D eigenvalue weighted by atomic mass is 35.5. The predicted octanol–water partition coefficient (Wildman–Crippen LogP) is 0.689. The van der Waals surface area contributed by atoms with Crippen LogP contribution in [0.2, 0.25) is 4.34 Å². The number of halogens is 1. The molecule has 0 bridgehead atoms. The van der Waals surface area contributed by atoms with Crippen molar-refractivity contribution < 1.29 is 38.8 Å². The number of nitrogens with one attached hydrogen (secondary N) is 1. The number of aliphatic carboxylic acids is 2. The van der Waals surface area contributed by atoms with Gasteiger partial charge in [0, 0.05) is 23.5 Å². The third kappa shape index (κ3) is 5.30. The number of fused-ring (bicyclic) bond motifs is 1. The van der Waals surface area contributed by atoms with E-state index in [4.69, 9.17) is 22.2 Å². The molecule has 16 heteroatoms. The normalized spacial score (nSPS) is 19.5. The van der Waals surface area contributed by atoms with E-state index in [2.05, 4.69) is 15.5 Å². The second-order valence-electron chi connectivity index (χ2n) is 8.69. The number of nitrogens with zero attached hydrogens (tertiary/aromatic N) is 4. The zero-order valence-corrected chi connectivity index (χ0v) is 22.3. The average Bonchev–Trinajstić information content (AvgIpc) is 3.19. The van der Waals surface area contributed by atoms with Crippen LogP contribution in [0.4, 0.5) is 5.13 Å². The molecular formula is C22H22ClN6O7S2+. The highest BCUT2D eigenvalue weighted by molar-refractivity contribution is 8.00. The summed E-state index contributed by atoms with van der Waals surface area (Å²) in [5.74, 6) is -3.83. The SMILES string of the molecule is CC(C)(O/N=C(/C(=O)NC1C(=O)N2C(C(=O)O)=C(C[n+]3ccccc3)CSC12)c1nc(N)sc1Cl)C(=O)O. The minimum Gasteiger partial charge on any atom is -0.478 e. The summed E-state index contributed by atoms with van der Waals surface area (Å²) in [5.41, 5.74) is 3.67. The molecule has 2 aromatic rings. The Labute approximate surface area is 228 Å². The van der Waals surface area contributed by atoms with Crippen LogP contribution < -0.4 is 15.6 Å². The van der Waals surface area contributed by atoms with Crippen molar-refractivity contribution in [1.82, 2.24) is 15.2 Å². The fourth-order valence-corrected chi connectivity index (χ4v) is 5.89. The van der Waals surface area contributed by atoms with E-state index < -0.39 is 46.5 Å². The third-order valence-corrected chi connectivity index (χ3v) is 8.03. The molecular weight excluding hydrogens is 560 g/mol. The number of rotatable bonds is 9. The van der Waals surface area contributed by atoms with E-state index in [1.165, 1.54) is 25.6 Å². The van der Waals surface area contributed by atoms with Gasteiger partial charge >= 0.3 is 11.9 Å². The molecule has 0 aromatic carbocycles. The number of hydrogen-bond donors (Lipinski definition) is 4. The molecule has 4 heterocycles. The Morgan fingerprint density at radius 3 is 2.58 bits per heavy atom. The summed E-state index contributed by atoms with van der Waals surface area (Å²) in [6.07, 6.45) is 3.57. The largest absolute Gasteiger partial charge is 0.478 e. The Balaban J connectivity index is 1.58. The number of β-lactam (4-membered cyclic amide) rings is 1. The lowest BCUT2D eigenvalue weighted by Crippen LogP contribution is -2.71. The summed E-state index contributed by atoms with van der Waals surface area (Å²) in [4.78, 5) is 60.0. The highest BCUT2D eigenvalue weighted by Crippen LogP contribution is 2.40. The summed E-state index contributed by atoms with van der Waals surface area (Å²) in [7, 11) is 0. The Kier molecular flexibility index (Phi) is 7.62. The zero-order chi connectivity index (χ0) is 27.8. The Bertz CT molecular complexity index is 1380. The molecule has 2 atom stereocenters. The fourth-order valence-electron chi connectivity index (χ4n) is 3.63. The van der Waals surface area contributed by atoms with Crippen molar-refractivity contribution >= 4 is 69.3 Å². The molecule has 13 nitrogen and oxygen atoms in total. The van der Waals surface area contributed by atoms with E-state index in [1.54, 1.807) is 17.0 Å². The van der Waals surface area contributed by atoms with Crippen molar-refractivity contribution in [2.24, 2.45) is 5.16 Å². The number of oxime groups is 1. The van der Waals surface area contributed by atoms with Crippen LogP contribution in [0.3, 0.4) is 0 Å². The number of nitrogens with two attached hydrogens (primary N) is 1. The van der Waals surface area contributed by atoms with Crippen LogP contribution in [0.5, 0.6) is 0 Å². The molecule has 2 unspecified atom stereocenters. The van der Waals surface area contributed by atoms with Gasteiger partial charge in [0.05, 0.1) is 0 Å². The van der Waals surface area contributed by atoms with Gasteiger partial charge in [-0.2, -0.15) is 0 Å².